The second-order valence-electron chi connectivity index (χ2n) is 5.06. The highest BCUT2D eigenvalue weighted by Crippen LogP contribution is 2.27. The van der Waals surface area contributed by atoms with Crippen molar-refractivity contribution in [3.05, 3.63) is 67.9 Å². The van der Waals surface area contributed by atoms with Crippen molar-refractivity contribution in [2.45, 2.75) is 26.3 Å². The molecule has 0 aliphatic rings. The van der Waals surface area contributed by atoms with Gasteiger partial charge in [-0.05, 0) is 54.8 Å². The lowest BCUT2D eigenvalue weighted by molar-refractivity contribution is 0.547. The Morgan fingerprint density at radius 2 is 1.86 bits per heavy atom. The molecule has 4 heteroatoms. The van der Waals surface area contributed by atoms with Gasteiger partial charge in [-0.3, -0.25) is 0 Å². The Morgan fingerprint density at radius 1 is 1.10 bits per heavy atom. The summed E-state index contributed by atoms with van der Waals surface area (Å²) in [4.78, 5) is 0. The highest BCUT2D eigenvalue weighted by molar-refractivity contribution is 9.10. The maximum atomic E-state index is 13.2. The lowest BCUT2D eigenvalue weighted by atomic mass is 9.97. The van der Waals surface area contributed by atoms with Gasteiger partial charge in [0, 0.05) is 15.0 Å². The summed E-state index contributed by atoms with van der Waals surface area (Å²) in [6, 6.07) is 11.5. The van der Waals surface area contributed by atoms with Gasteiger partial charge in [-0.15, -0.1) is 0 Å². The number of rotatable bonds is 5. The minimum Gasteiger partial charge on any atom is -0.310 e. The molecule has 0 aliphatic heterocycles. The third-order valence-corrected chi connectivity index (χ3v) is 5.10. The van der Waals surface area contributed by atoms with Crippen LogP contribution in [0.3, 0.4) is 0 Å². The topological polar surface area (TPSA) is 12.0 Å². The van der Waals surface area contributed by atoms with E-state index in [0.717, 1.165) is 27.5 Å². The predicted octanol–water partition coefficient (Wildman–Crippen LogP) is 5.55. The molecule has 1 atom stereocenters. The fourth-order valence-electron chi connectivity index (χ4n) is 2.35. The van der Waals surface area contributed by atoms with Gasteiger partial charge < -0.3 is 5.32 Å². The van der Waals surface area contributed by atoms with Crippen LogP contribution in [0, 0.1) is 12.7 Å². The summed E-state index contributed by atoms with van der Waals surface area (Å²) >= 11 is 6.98. The molecule has 0 bridgehead atoms. The summed E-state index contributed by atoms with van der Waals surface area (Å²) in [6.45, 7) is 5.07. The van der Waals surface area contributed by atoms with Gasteiger partial charge in [-0.2, -0.15) is 0 Å². The number of halogens is 3. The quantitative estimate of drug-likeness (QED) is 0.675. The molecular formula is C17H18Br2FN. The monoisotopic (exact) mass is 413 g/mol. The number of aryl methyl sites for hydroxylation is 1. The van der Waals surface area contributed by atoms with Gasteiger partial charge in [-0.1, -0.05) is 57.0 Å². The summed E-state index contributed by atoms with van der Waals surface area (Å²) in [6.07, 6.45) is 0.815. The van der Waals surface area contributed by atoms with Crippen LogP contribution in [0.2, 0.25) is 0 Å². The molecule has 1 unspecified atom stereocenters. The lowest BCUT2D eigenvalue weighted by Gasteiger charge is -2.20. The number of hydrogen-bond donors (Lipinski definition) is 1. The van der Waals surface area contributed by atoms with Crippen LogP contribution in [0.1, 0.15) is 29.7 Å². The van der Waals surface area contributed by atoms with E-state index in [1.54, 1.807) is 0 Å². The average Bonchev–Trinajstić information content (AvgIpc) is 2.44. The van der Waals surface area contributed by atoms with Crippen molar-refractivity contribution in [1.29, 1.82) is 0 Å². The van der Waals surface area contributed by atoms with Gasteiger partial charge in [0.15, 0.2) is 0 Å². The molecule has 0 fully saturated rings. The van der Waals surface area contributed by atoms with E-state index in [0.29, 0.717) is 0 Å². The highest BCUT2D eigenvalue weighted by Gasteiger charge is 2.14. The van der Waals surface area contributed by atoms with Crippen molar-refractivity contribution in [2.75, 3.05) is 6.54 Å². The number of nitrogens with one attached hydrogen (secondary N) is 1. The fraction of sp³-hybridized carbons (Fsp3) is 0.294. The van der Waals surface area contributed by atoms with E-state index in [1.165, 1.54) is 23.3 Å². The van der Waals surface area contributed by atoms with Crippen molar-refractivity contribution in [2.24, 2.45) is 0 Å². The Balaban J connectivity index is 2.28. The summed E-state index contributed by atoms with van der Waals surface area (Å²) in [5, 5.41) is 3.51. The van der Waals surface area contributed by atoms with Gasteiger partial charge >= 0.3 is 0 Å². The fourth-order valence-corrected chi connectivity index (χ4v) is 3.11. The Labute approximate surface area is 142 Å². The molecule has 2 aromatic rings. The third kappa shape index (κ3) is 4.38. The summed E-state index contributed by atoms with van der Waals surface area (Å²) in [7, 11) is 0. The molecule has 0 spiro atoms. The van der Waals surface area contributed by atoms with Crippen LogP contribution in [0.15, 0.2) is 45.3 Å². The van der Waals surface area contributed by atoms with Crippen molar-refractivity contribution >= 4 is 31.9 Å². The van der Waals surface area contributed by atoms with Gasteiger partial charge in [0.1, 0.15) is 5.82 Å². The van der Waals surface area contributed by atoms with Crippen LogP contribution in [0.5, 0.6) is 0 Å². The van der Waals surface area contributed by atoms with E-state index in [2.05, 4.69) is 69.2 Å². The molecule has 0 heterocycles. The molecule has 0 amide bonds. The molecule has 21 heavy (non-hydrogen) atoms. The minimum absolute atomic E-state index is 0.212. The van der Waals surface area contributed by atoms with Crippen LogP contribution < -0.4 is 5.32 Å². The van der Waals surface area contributed by atoms with E-state index < -0.39 is 0 Å². The molecule has 1 nitrogen and oxygen atoms in total. The average molecular weight is 415 g/mol. The third-order valence-electron chi connectivity index (χ3n) is 3.47. The van der Waals surface area contributed by atoms with E-state index >= 15 is 0 Å². The van der Waals surface area contributed by atoms with Gasteiger partial charge in [-0.25, -0.2) is 4.39 Å². The minimum atomic E-state index is -0.217. The standard InChI is InChI=1S/C17H18Br2FN/c1-3-21-17(13-5-7-15(18)11(2)8-13)9-12-4-6-14(20)10-16(12)19/h4-8,10,17,21H,3,9H2,1-2H3. The van der Waals surface area contributed by atoms with Crippen LogP contribution >= 0.6 is 31.9 Å². The molecule has 0 aliphatic carbocycles. The molecule has 2 aromatic carbocycles. The molecule has 112 valence electrons. The Kier molecular flexibility index (Phi) is 5.97. The molecule has 0 saturated heterocycles. The second kappa shape index (κ2) is 7.52. The van der Waals surface area contributed by atoms with E-state index in [1.807, 2.05) is 6.07 Å². The predicted molar refractivity (Wildman–Crippen MR) is 93.1 cm³/mol. The Morgan fingerprint density at radius 3 is 2.48 bits per heavy atom. The van der Waals surface area contributed by atoms with Crippen molar-refractivity contribution in [3.8, 4) is 0 Å². The molecule has 1 N–H and O–H groups in total. The zero-order chi connectivity index (χ0) is 15.4. The first kappa shape index (κ1) is 16.7. The van der Waals surface area contributed by atoms with Crippen molar-refractivity contribution in [1.82, 2.24) is 5.32 Å². The number of hydrogen-bond acceptors (Lipinski definition) is 1. The molecule has 0 aromatic heterocycles. The van der Waals surface area contributed by atoms with Crippen molar-refractivity contribution in [3.63, 3.8) is 0 Å². The summed E-state index contributed by atoms with van der Waals surface area (Å²) in [5.41, 5.74) is 3.56. The normalized spacial score (nSPS) is 12.4. The highest BCUT2D eigenvalue weighted by atomic mass is 79.9. The smallest absolute Gasteiger partial charge is 0.124 e. The largest absolute Gasteiger partial charge is 0.310 e. The Bertz CT molecular complexity index is 628. The van der Waals surface area contributed by atoms with Gasteiger partial charge in [0.25, 0.3) is 0 Å². The van der Waals surface area contributed by atoms with Crippen LogP contribution in [0.4, 0.5) is 4.39 Å². The van der Waals surface area contributed by atoms with Gasteiger partial charge in [0.05, 0.1) is 0 Å². The first-order chi connectivity index (χ1) is 10.0. The van der Waals surface area contributed by atoms with E-state index in [9.17, 15) is 4.39 Å². The summed E-state index contributed by atoms with van der Waals surface area (Å²) < 4.78 is 15.1. The second-order valence-corrected chi connectivity index (χ2v) is 6.77. The number of likely N-dealkylation sites (N-methyl/N-ethyl adjacent to an activating group) is 1. The van der Waals surface area contributed by atoms with Crippen LogP contribution in [-0.4, -0.2) is 6.54 Å². The first-order valence-electron chi connectivity index (χ1n) is 6.94. The van der Waals surface area contributed by atoms with E-state index in [4.69, 9.17) is 0 Å². The van der Waals surface area contributed by atoms with Crippen LogP contribution in [0.25, 0.3) is 0 Å². The van der Waals surface area contributed by atoms with Crippen LogP contribution in [-0.2, 0) is 6.42 Å². The molecular weight excluding hydrogens is 397 g/mol. The zero-order valence-corrected chi connectivity index (χ0v) is 15.3. The first-order valence-corrected chi connectivity index (χ1v) is 8.53. The summed E-state index contributed by atoms with van der Waals surface area (Å²) in [5.74, 6) is -0.217. The van der Waals surface area contributed by atoms with Crippen molar-refractivity contribution < 1.29 is 4.39 Å². The maximum absolute atomic E-state index is 13.2. The maximum Gasteiger partial charge on any atom is 0.124 e. The molecule has 0 saturated carbocycles. The lowest BCUT2D eigenvalue weighted by Crippen LogP contribution is -2.23. The zero-order valence-electron chi connectivity index (χ0n) is 12.1. The SMILES string of the molecule is CCNC(Cc1ccc(F)cc1Br)c1ccc(Br)c(C)c1. The van der Waals surface area contributed by atoms with E-state index in [-0.39, 0.29) is 11.9 Å². The molecule has 0 radical (unpaired) electrons. The molecule has 2 rings (SSSR count). The van der Waals surface area contributed by atoms with Gasteiger partial charge in [0.2, 0.25) is 0 Å². The number of benzene rings is 2. The Hall–Kier alpha value is -0.710.